The number of methoxy groups -OCH3 is 1. The molecule has 26 heavy (non-hydrogen) atoms. The van der Waals surface area contributed by atoms with Gasteiger partial charge in [0.15, 0.2) is 0 Å². The van der Waals surface area contributed by atoms with Gasteiger partial charge in [-0.1, -0.05) is 12.1 Å². The number of carbonyl (C=O) groups is 2. The number of nitrogens with zero attached hydrogens (tertiary/aromatic N) is 1. The zero-order valence-electron chi connectivity index (χ0n) is 14.4. The normalized spacial score (nSPS) is 10.1. The molecule has 1 N–H and O–H groups in total. The molecule has 136 valence electrons. The van der Waals surface area contributed by atoms with E-state index in [2.05, 4.69) is 5.32 Å². The first kappa shape index (κ1) is 18.9. The summed E-state index contributed by atoms with van der Waals surface area (Å²) in [5.41, 5.74) is 0.437. The van der Waals surface area contributed by atoms with Crippen LogP contribution < -0.4 is 10.1 Å². The number of nitro groups is 1. The van der Waals surface area contributed by atoms with Crippen molar-refractivity contribution in [2.75, 3.05) is 13.7 Å². The zero-order valence-corrected chi connectivity index (χ0v) is 14.4. The van der Waals surface area contributed by atoms with Crippen LogP contribution >= 0.6 is 0 Å². The molecule has 0 bridgehead atoms. The van der Waals surface area contributed by atoms with Gasteiger partial charge in [-0.3, -0.25) is 14.9 Å². The van der Waals surface area contributed by atoms with Crippen LogP contribution in [0.4, 0.5) is 5.69 Å². The molecule has 0 atom stereocenters. The average molecular weight is 358 g/mol. The molecule has 0 heterocycles. The molecule has 0 radical (unpaired) electrons. The number of non-ortho nitro benzene ring substituents is 1. The van der Waals surface area contributed by atoms with Crippen LogP contribution in [-0.4, -0.2) is 30.5 Å². The Morgan fingerprint density at radius 2 is 1.77 bits per heavy atom. The second-order valence-corrected chi connectivity index (χ2v) is 5.28. The number of ether oxygens (including phenoxy) is 2. The minimum atomic E-state index is -0.722. The Bertz CT molecular complexity index is 817. The lowest BCUT2D eigenvalue weighted by molar-refractivity contribution is -0.384. The maximum absolute atomic E-state index is 12.3. The summed E-state index contributed by atoms with van der Waals surface area (Å²) >= 11 is 0. The molecule has 2 aromatic rings. The number of rotatable bonds is 7. The first-order valence-electron chi connectivity index (χ1n) is 7.82. The van der Waals surface area contributed by atoms with Crippen LogP contribution in [0.3, 0.4) is 0 Å². The third-order valence-corrected chi connectivity index (χ3v) is 3.51. The van der Waals surface area contributed by atoms with Gasteiger partial charge in [-0.05, 0) is 30.7 Å². The Balaban J connectivity index is 2.17. The van der Waals surface area contributed by atoms with Crippen molar-refractivity contribution in [2.45, 2.75) is 13.5 Å². The lowest BCUT2D eigenvalue weighted by Crippen LogP contribution is -2.23. The Morgan fingerprint density at radius 1 is 1.12 bits per heavy atom. The van der Waals surface area contributed by atoms with Crippen LogP contribution in [0, 0.1) is 10.1 Å². The van der Waals surface area contributed by atoms with Crippen LogP contribution in [0.1, 0.15) is 33.2 Å². The number of hydrogen-bond acceptors (Lipinski definition) is 6. The third kappa shape index (κ3) is 4.79. The third-order valence-electron chi connectivity index (χ3n) is 3.51. The summed E-state index contributed by atoms with van der Waals surface area (Å²) in [6, 6.07) is 10.6. The van der Waals surface area contributed by atoms with Crippen molar-refractivity contribution in [2.24, 2.45) is 0 Å². The molecule has 8 nitrogen and oxygen atoms in total. The maximum atomic E-state index is 12.3. The molecule has 0 saturated heterocycles. The maximum Gasteiger partial charge on any atom is 0.338 e. The summed E-state index contributed by atoms with van der Waals surface area (Å²) < 4.78 is 9.90. The molecule has 0 unspecified atom stereocenters. The first-order valence-corrected chi connectivity index (χ1v) is 7.82. The fraction of sp³-hybridized carbons (Fsp3) is 0.222. The van der Waals surface area contributed by atoms with E-state index in [1.165, 1.54) is 6.07 Å². The van der Waals surface area contributed by atoms with Gasteiger partial charge in [-0.25, -0.2) is 4.79 Å². The number of benzene rings is 2. The largest absolute Gasteiger partial charge is 0.497 e. The topological polar surface area (TPSA) is 108 Å². The van der Waals surface area contributed by atoms with Gasteiger partial charge in [0.2, 0.25) is 0 Å². The Labute approximate surface area is 149 Å². The number of nitrogens with one attached hydrogen (secondary N) is 1. The highest BCUT2D eigenvalue weighted by atomic mass is 16.6. The predicted octanol–water partition coefficient (Wildman–Crippen LogP) is 2.71. The number of esters is 1. The number of carbonyl (C=O) groups excluding carboxylic acids is 2. The van der Waals surface area contributed by atoms with Gasteiger partial charge < -0.3 is 14.8 Å². The summed E-state index contributed by atoms with van der Waals surface area (Å²) in [6.07, 6.45) is 0. The second-order valence-electron chi connectivity index (χ2n) is 5.28. The second kappa shape index (κ2) is 8.61. The van der Waals surface area contributed by atoms with Gasteiger partial charge in [0.05, 0.1) is 24.2 Å². The van der Waals surface area contributed by atoms with Crippen LogP contribution in [0.2, 0.25) is 0 Å². The molecular formula is C18H18N2O6. The van der Waals surface area contributed by atoms with Crippen molar-refractivity contribution in [3.63, 3.8) is 0 Å². The van der Waals surface area contributed by atoms with Gasteiger partial charge in [0.25, 0.3) is 11.6 Å². The standard InChI is InChI=1S/C18H18N2O6/c1-3-26-18(22)14-8-13(9-15(10-14)20(23)24)17(21)19-11-12-4-6-16(25-2)7-5-12/h4-10H,3,11H2,1-2H3,(H,19,21). The number of hydrogen-bond donors (Lipinski definition) is 1. The summed E-state index contributed by atoms with van der Waals surface area (Å²) in [5.74, 6) is -0.562. The van der Waals surface area contributed by atoms with Crippen molar-refractivity contribution in [3.8, 4) is 5.75 Å². The Hall–Kier alpha value is -3.42. The lowest BCUT2D eigenvalue weighted by Gasteiger charge is -2.08. The smallest absolute Gasteiger partial charge is 0.338 e. The van der Waals surface area contributed by atoms with E-state index in [1.54, 1.807) is 38.3 Å². The summed E-state index contributed by atoms with van der Waals surface area (Å²) in [5, 5.41) is 13.7. The van der Waals surface area contributed by atoms with Crippen molar-refractivity contribution in [3.05, 3.63) is 69.3 Å². The molecule has 0 aliphatic carbocycles. The minimum absolute atomic E-state index is 0.00997. The highest BCUT2D eigenvalue weighted by molar-refractivity contribution is 5.99. The van der Waals surface area contributed by atoms with Crippen molar-refractivity contribution < 1.29 is 24.0 Å². The van der Waals surface area contributed by atoms with Crippen LogP contribution in [0.5, 0.6) is 5.75 Å². The van der Waals surface area contributed by atoms with E-state index < -0.39 is 16.8 Å². The van der Waals surface area contributed by atoms with E-state index in [4.69, 9.17) is 9.47 Å². The predicted molar refractivity (Wildman–Crippen MR) is 93.2 cm³/mol. The molecule has 0 aliphatic heterocycles. The Morgan fingerprint density at radius 3 is 2.35 bits per heavy atom. The SMILES string of the molecule is CCOC(=O)c1cc(C(=O)NCc2ccc(OC)cc2)cc([N+](=O)[O-])c1. The molecule has 0 aliphatic rings. The van der Waals surface area contributed by atoms with Gasteiger partial charge in [-0.15, -0.1) is 0 Å². The molecule has 0 spiro atoms. The van der Waals surface area contributed by atoms with Crippen LogP contribution in [-0.2, 0) is 11.3 Å². The molecule has 8 heteroatoms. The molecule has 2 rings (SSSR count). The number of amides is 1. The van der Waals surface area contributed by atoms with Crippen LogP contribution in [0.15, 0.2) is 42.5 Å². The fourth-order valence-corrected chi connectivity index (χ4v) is 2.21. The summed E-state index contributed by atoms with van der Waals surface area (Å²) in [4.78, 5) is 34.6. The van der Waals surface area contributed by atoms with E-state index in [-0.39, 0.29) is 30.0 Å². The highest BCUT2D eigenvalue weighted by Gasteiger charge is 2.18. The molecular weight excluding hydrogens is 340 g/mol. The molecule has 2 aromatic carbocycles. The minimum Gasteiger partial charge on any atom is -0.497 e. The van der Waals surface area contributed by atoms with Crippen molar-refractivity contribution >= 4 is 17.6 Å². The Kier molecular flexibility index (Phi) is 6.26. The van der Waals surface area contributed by atoms with Crippen molar-refractivity contribution in [1.29, 1.82) is 0 Å². The number of nitro benzene ring substituents is 1. The lowest BCUT2D eigenvalue weighted by atomic mass is 10.1. The van der Waals surface area contributed by atoms with E-state index in [1.807, 2.05) is 0 Å². The van der Waals surface area contributed by atoms with Gasteiger partial charge in [0, 0.05) is 24.2 Å². The van der Waals surface area contributed by atoms with Gasteiger partial charge >= 0.3 is 5.97 Å². The first-order chi connectivity index (χ1) is 12.4. The molecule has 0 saturated carbocycles. The van der Waals surface area contributed by atoms with E-state index in [0.29, 0.717) is 5.75 Å². The van der Waals surface area contributed by atoms with Gasteiger partial charge in [0.1, 0.15) is 5.75 Å². The molecule has 0 aromatic heterocycles. The van der Waals surface area contributed by atoms with Crippen LogP contribution in [0.25, 0.3) is 0 Å². The molecule has 0 fully saturated rings. The van der Waals surface area contributed by atoms with Gasteiger partial charge in [-0.2, -0.15) is 0 Å². The van der Waals surface area contributed by atoms with Crippen molar-refractivity contribution in [1.82, 2.24) is 5.32 Å². The zero-order chi connectivity index (χ0) is 19.1. The van der Waals surface area contributed by atoms with E-state index >= 15 is 0 Å². The van der Waals surface area contributed by atoms with E-state index in [9.17, 15) is 19.7 Å². The summed E-state index contributed by atoms with van der Waals surface area (Å²) in [6.45, 7) is 1.97. The quantitative estimate of drug-likeness (QED) is 0.463. The summed E-state index contributed by atoms with van der Waals surface area (Å²) in [7, 11) is 1.56. The monoisotopic (exact) mass is 358 g/mol. The average Bonchev–Trinajstić information content (AvgIpc) is 2.66. The highest BCUT2D eigenvalue weighted by Crippen LogP contribution is 2.18. The van der Waals surface area contributed by atoms with E-state index in [0.717, 1.165) is 17.7 Å². The fourth-order valence-electron chi connectivity index (χ4n) is 2.21. The molecule has 1 amide bonds.